The van der Waals surface area contributed by atoms with Crippen molar-refractivity contribution in [1.29, 1.82) is 0 Å². The zero-order valence-electron chi connectivity index (χ0n) is 17.3. The first-order chi connectivity index (χ1) is 13.8. The van der Waals surface area contributed by atoms with Crippen LogP contribution in [0.4, 0.5) is 0 Å². The molecule has 2 saturated heterocycles. The molecule has 0 bridgehead atoms. The Morgan fingerprint density at radius 3 is 2.24 bits per heavy atom. The van der Waals surface area contributed by atoms with Crippen molar-refractivity contribution in [1.82, 2.24) is 15.3 Å². The number of hydroxylamine groups is 2. The Labute approximate surface area is 171 Å². The molecule has 0 saturated carbocycles. The molecule has 9 heteroatoms. The van der Waals surface area contributed by atoms with E-state index in [9.17, 15) is 24.0 Å². The Hall–Kier alpha value is -2.29. The molecule has 2 rings (SSSR count). The van der Waals surface area contributed by atoms with Gasteiger partial charge in [0.1, 0.15) is 5.78 Å². The number of rotatable bonds is 10. The van der Waals surface area contributed by atoms with E-state index in [1.807, 2.05) is 0 Å². The third-order valence-corrected chi connectivity index (χ3v) is 5.46. The molecule has 0 aromatic rings. The highest BCUT2D eigenvalue weighted by atomic mass is 16.7. The molecule has 0 radical (unpaired) electrons. The number of nitrogens with zero attached hydrogens (tertiary/aromatic N) is 2. The van der Waals surface area contributed by atoms with Crippen molar-refractivity contribution in [3.05, 3.63) is 0 Å². The van der Waals surface area contributed by atoms with Crippen molar-refractivity contribution in [2.24, 2.45) is 0 Å². The minimum absolute atomic E-state index is 0.0475. The highest BCUT2D eigenvalue weighted by Gasteiger charge is 2.32. The van der Waals surface area contributed by atoms with E-state index >= 15 is 0 Å². The molecular formula is C20H31N3O6. The largest absolute Gasteiger partial charge is 0.355 e. The molecule has 2 unspecified atom stereocenters. The lowest BCUT2D eigenvalue weighted by Crippen LogP contribution is -2.48. The van der Waals surface area contributed by atoms with Gasteiger partial charge in [0.2, 0.25) is 5.91 Å². The van der Waals surface area contributed by atoms with Crippen LogP contribution < -0.4 is 5.32 Å². The molecule has 1 N–H and O–H groups in total. The van der Waals surface area contributed by atoms with Crippen LogP contribution in [0.25, 0.3) is 0 Å². The van der Waals surface area contributed by atoms with Crippen molar-refractivity contribution in [3.8, 4) is 0 Å². The molecule has 0 aromatic heterocycles. The molecule has 2 heterocycles. The first-order valence-corrected chi connectivity index (χ1v) is 10.4. The maximum Gasteiger partial charge on any atom is 0.333 e. The molecule has 29 heavy (non-hydrogen) atoms. The van der Waals surface area contributed by atoms with Gasteiger partial charge in [-0.15, -0.1) is 5.06 Å². The van der Waals surface area contributed by atoms with Crippen LogP contribution in [-0.2, 0) is 28.8 Å². The van der Waals surface area contributed by atoms with Crippen LogP contribution in [0.5, 0.6) is 0 Å². The second-order valence-corrected chi connectivity index (χ2v) is 7.84. The van der Waals surface area contributed by atoms with Crippen molar-refractivity contribution in [3.63, 3.8) is 0 Å². The molecule has 2 aliphatic rings. The Balaban J connectivity index is 1.56. The summed E-state index contributed by atoms with van der Waals surface area (Å²) < 4.78 is 0. The summed E-state index contributed by atoms with van der Waals surface area (Å²) in [6.07, 6.45) is 4.06. The van der Waals surface area contributed by atoms with Gasteiger partial charge in [-0.3, -0.25) is 24.1 Å². The third kappa shape index (κ3) is 7.23. The average Bonchev–Trinajstić information content (AvgIpc) is 2.97. The SMILES string of the molecule is CC1CCCC(C)N1[13CH2]C(=O)[15NH]CCC(=O)C[13CH2]CC(=O)ON1C(=O)CCC1=O. The normalized spacial score (nSPS) is 22.6. The summed E-state index contributed by atoms with van der Waals surface area (Å²) in [7, 11) is 0. The number of carbonyl (C=O) groups excluding carboxylic acids is 5. The summed E-state index contributed by atoms with van der Waals surface area (Å²) in [5.74, 6) is -1.90. The van der Waals surface area contributed by atoms with Gasteiger partial charge in [0.25, 0.3) is 11.8 Å². The number of imide groups is 1. The van der Waals surface area contributed by atoms with E-state index in [0.717, 1.165) is 12.8 Å². The standard InChI is InChI=1S/C20H31N3O6/c1-14-5-3-6-15(2)22(14)13-17(25)21-12-11-16(24)7-4-8-20(28)29-23-18(26)9-10-19(23)27/h14-15H,3-13H2,1-2H3,(H,21,25)/i4+1,13+1,21+1. The number of hydrogen-bond acceptors (Lipinski definition) is 7. The maximum absolute atomic E-state index is 12.1. The van der Waals surface area contributed by atoms with E-state index in [0.29, 0.717) is 23.7 Å². The van der Waals surface area contributed by atoms with Gasteiger partial charge >= 0.3 is 5.97 Å². The van der Waals surface area contributed by atoms with E-state index in [1.165, 1.54) is 6.42 Å². The molecule has 2 atom stereocenters. The molecule has 2 fully saturated rings. The molecule has 0 aromatic carbocycles. The number of amides is 3. The molecule has 9 nitrogen and oxygen atoms in total. The average molecular weight is 412 g/mol. The first-order valence-electron chi connectivity index (χ1n) is 10.4. The number of carbonyl (C=O) groups is 5. The fourth-order valence-electron chi connectivity index (χ4n) is 3.71. The fraction of sp³-hybridized carbons (Fsp3) is 0.750. The van der Waals surface area contributed by atoms with E-state index < -0.39 is 17.8 Å². The van der Waals surface area contributed by atoms with Crippen molar-refractivity contribution in [2.45, 2.75) is 83.7 Å². The van der Waals surface area contributed by atoms with Gasteiger partial charge in [-0.1, -0.05) is 6.42 Å². The Bertz CT molecular complexity index is 624. The summed E-state index contributed by atoms with van der Waals surface area (Å²) in [6.45, 7) is 4.88. The highest BCUT2D eigenvalue weighted by molar-refractivity contribution is 6.01. The Kier molecular flexibility index (Phi) is 8.75. The topological polar surface area (TPSA) is 113 Å². The molecule has 0 spiro atoms. The summed E-state index contributed by atoms with van der Waals surface area (Å²) in [6, 6.07) is 0.772. The number of ketones is 1. The van der Waals surface area contributed by atoms with Crippen LogP contribution in [0, 0.1) is 0 Å². The Morgan fingerprint density at radius 2 is 1.62 bits per heavy atom. The number of nitrogens with one attached hydrogen (secondary N) is 1. The van der Waals surface area contributed by atoms with Crippen LogP contribution in [0.2, 0.25) is 0 Å². The van der Waals surface area contributed by atoms with Gasteiger partial charge in [-0.05, 0) is 33.1 Å². The van der Waals surface area contributed by atoms with Gasteiger partial charge in [0.05, 0.1) is 6.54 Å². The monoisotopic (exact) mass is 412 g/mol. The third-order valence-electron chi connectivity index (χ3n) is 5.46. The number of likely N-dealkylation sites (tertiary alicyclic amines) is 1. The summed E-state index contributed by atoms with van der Waals surface area (Å²) in [4.78, 5) is 65.4. The number of piperidine rings is 1. The van der Waals surface area contributed by atoms with Crippen molar-refractivity contribution in [2.75, 3.05) is 13.1 Å². The maximum atomic E-state index is 12.1. The zero-order chi connectivity index (χ0) is 21.4. The molecule has 0 aliphatic carbocycles. The molecule has 162 valence electrons. The molecule has 3 amide bonds. The van der Waals surface area contributed by atoms with E-state index in [1.54, 1.807) is 0 Å². The van der Waals surface area contributed by atoms with Crippen LogP contribution in [-0.4, -0.2) is 64.6 Å². The predicted octanol–water partition coefficient (Wildman–Crippen LogP) is 1.10. The molecule has 2 aliphatic heterocycles. The quantitative estimate of drug-likeness (QED) is 0.325. The van der Waals surface area contributed by atoms with Crippen LogP contribution in [0.15, 0.2) is 0 Å². The number of hydrogen-bond donors (Lipinski definition) is 1. The second kappa shape index (κ2) is 11.0. The van der Waals surface area contributed by atoms with Crippen molar-refractivity contribution >= 4 is 29.5 Å². The molecular weight excluding hydrogens is 381 g/mol. The number of Topliss-reactive ketones (excluding diaryl/α,β-unsaturated/α-hetero) is 1. The summed E-state index contributed by atoms with van der Waals surface area (Å²) in [5, 5.41) is 3.29. The minimum Gasteiger partial charge on any atom is -0.355 e. The summed E-state index contributed by atoms with van der Waals surface area (Å²) >= 11 is 0. The van der Waals surface area contributed by atoms with Gasteiger partial charge in [-0.2, -0.15) is 0 Å². The summed E-state index contributed by atoms with van der Waals surface area (Å²) in [5.41, 5.74) is 0. The van der Waals surface area contributed by atoms with Gasteiger partial charge < -0.3 is 10.2 Å². The van der Waals surface area contributed by atoms with E-state index in [4.69, 9.17) is 4.84 Å². The van der Waals surface area contributed by atoms with Crippen molar-refractivity contribution < 1.29 is 28.8 Å². The highest BCUT2D eigenvalue weighted by Crippen LogP contribution is 2.21. The zero-order valence-corrected chi connectivity index (χ0v) is 17.3. The predicted molar refractivity (Wildman–Crippen MR) is 103 cm³/mol. The Morgan fingerprint density at radius 1 is 1.00 bits per heavy atom. The lowest BCUT2D eigenvalue weighted by Gasteiger charge is -2.38. The lowest BCUT2D eigenvalue weighted by atomic mass is 9.99. The fourth-order valence-corrected chi connectivity index (χ4v) is 3.71. The van der Waals surface area contributed by atoms with Crippen LogP contribution in [0.3, 0.4) is 0 Å². The minimum atomic E-state index is -0.709. The first kappa shape index (κ1) is 23.0. The van der Waals surface area contributed by atoms with Gasteiger partial charge in [0.15, 0.2) is 0 Å². The van der Waals surface area contributed by atoms with Gasteiger partial charge in [0, 0.05) is 50.7 Å². The second-order valence-electron chi connectivity index (χ2n) is 7.84. The van der Waals surface area contributed by atoms with E-state index in [2.05, 4.69) is 24.1 Å². The van der Waals surface area contributed by atoms with E-state index in [-0.39, 0.29) is 56.8 Å². The lowest BCUT2D eigenvalue weighted by molar-refractivity contribution is -0.197. The van der Waals surface area contributed by atoms with Crippen LogP contribution in [0.1, 0.15) is 71.6 Å². The van der Waals surface area contributed by atoms with Crippen LogP contribution >= 0.6 is 0 Å². The smallest absolute Gasteiger partial charge is 0.333 e. The van der Waals surface area contributed by atoms with Gasteiger partial charge in [-0.25, -0.2) is 4.79 Å².